The Hall–Kier alpha value is -3.20. The molecule has 1 N–H and O–H groups in total. The molecule has 0 bridgehead atoms. The minimum atomic E-state index is -3.52. The molecule has 0 radical (unpaired) electrons. The minimum absolute atomic E-state index is 0.0216. The van der Waals surface area contributed by atoms with Gasteiger partial charge in [-0.05, 0) is 42.8 Å². The molecule has 1 aliphatic rings. The van der Waals surface area contributed by atoms with Gasteiger partial charge in [-0.15, -0.1) is 0 Å². The summed E-state index contributed by atoms with van der Waals surface area (Å²) < 4.78 is 28.5. The van der Waals surface area contributed by atoms with E-state index < -0.39 is 28.3 Å². The third kappa shape index (κ3) is 5.00. The van der Waals surface area contributed by atoms with Crippen LogP contribution in [0, 0.1) is 0 Å². The van der Waals surface area contributed by atoms with Crippen molar-refractivity contribution in [1.29, 1.82) is 0 Å². The second-order valence-corrected chi connectivity index (χ2v) is 8.57. The largest absolute Gasteiger partial charge is 0.452 e. The van der Waals surface area contributed by atoms with Crippen molar-refractivity contribution in [3.05, 3.63) is 54.1 Å². The summed E-state index contributed by atoms with van der Waals surface area (Å²) in [7, 11) is -3.52. The van der Waals surface area contributed by atoms with Crippen molar-refractivity contribution < 1.29 is 27.5 Å². The van der Waals surface area contributed by atoms with Gasteiger partial charge in [-0.1, -0.05) is 12.1 Å². The van der Waals surface area contributed by atoms with Gasteiger partial charge in [-0.25, -0.2) is 13.2 Å². The number of carbonyl (C=O) groups excluding carboxylic acids is 3. The van der Waals surface area contributed by atoms with E-state index in [2.05, 4.69) is 5.32 Å². The van der Waals surface area contributed by atoms with E-state index in [4.69, 9.17) is 4.74 Å². The molecular formula is C20H20N2O6S. The zero-order valence-electron chi connectivity index (χ0n) is 15.8. The third-order valence-corrected chi connectivity index (χ3v) is 5.54. The first-order chi connectivity index (χ1) is 13.8. The van der Waals surface area contributed by atoms with Crippen molar-refractivity contribution in [3.8, 4) is 0 Å². The standard InChI is InChI=1S/C20H20N2O6S/c1-29(26,27)17-6-3-2-5-16(17)21-18(23)13-28-20(25)14-8-10-15(11-9-14)22-12-4-7-19(22)24/h2-3,5-6,8-11H,4,7,12-13H2,1H3,(H,21,23). The van der Waals surface area contributed by atoms with Gasteiger partial charge in [-0.2, -0.15) is 0 Å². The lowest BCUT2D eigenvalue weighted by Crippen LogP contribution is -2.24. The van der Waals surface area contributed by atoms with Crippen LogP contribution in [-0.2, 0) is 24.2 Å². The van der Waals surface area contributed by atoms with Crippen LogP contribution >= 0.6 is 0 Å². The molecule has 0 atom stereocenters. The summed E-state index contributed by atoms with van der Waals surface area (Å²) in [6.45, 7) is 0.0844. The third-order valence-electron chi connectivity index (χ3n) is 4.38. The summed E-state index contributed by atoms with van der Waals surface area (Å²) in [5.41, 5.74) is 1.07. The van der Waals surface area contributed by atoms with Crippen LogP contribution in [0.15, 0.2) is 53.4 Å². The molecule has 0 unspecified atom stereocenters. The topological polar surface area (TPSA) is 110 Å². The van der Waals surface area contributed by atoms with Crippen LogP contribution < -0.4 is 10.2 Å². The Morgan fingerprint density at radius 1 is 1.10 bits per heavy atom. The van der Waals surface area contributed by atoms with Crippen molar-refractivity contribution in [2.45, 2.75) is 17.7 Å². The van der Waals surface area contributed by atoms with E-state index >= 15 is 0 Å². The maximum Gasteiger partial charge on any atom is 0.338 e. The second kappa shape index (κ2) is 8.44. The first kappa shape index (κ1) is 20.5. The number of benzene rings is 2. The molecule has 1 fully saturated rings. The average Bonchev–Trinajstić information content (AvgIpc) is 3.12. The Morgan fingerprint density at radius 3 is 2.41 bits per heavy atom. The van der Waals surface area contributed by atoms with Gasteiger partial charge in [0.05, 0.1) is 16.1 Å². The fourth-order valence-corrected chi connectivity index (χ4v) is 3.84. The van der Waals surface area contributed by atoms with E-state index in [1.54, 1.807) is 29.2 Å². The number of carbonyl (C=O) groups is 3. The van der Waals surface area contributed by atoms with Gasteiger partial charge in [0.2, 0.25) is 5.91 Å². The van der Waals surface area contributed by atoms with E-state index in [0.717, 1.165) is 12.7 Å². The van der Waals surface area contributed by atoms with Crippen molar-refractivity contribution in [2.75, 3.05) is 29.6 Å². The summed E-state index contributed by atoms with van der Waals surface area (Å²) in [5.74, 6) is -1.31. The predicted molar refractivity (Wildman–Crippen MR) is 106 cm³/mol. The Bertz CT molecular complexity index is 1050. The second-order valence-electron chi connectivity index (χ2n) is 6.59. The molecule has 0 aromatic heterocycles. The highest BCUT2D eigenvalue weighted by molar-refractivity contribution is 7.90. The smallest absolute Gasteiger partial charge is 0.338 e. The van der Waals surface area contributed by atoms with E-state index in [0.29, 0.717) is 18.7 Å². The van der Waals surface area contributed by atoms with E-state index in [1.165, 1.54) is 24.3 Å². The van der Waals surface area contributed by atoms with Gasteiger partial charge in [0, 0.05) is 24.9 Å². The maximum atomic E-state index is 12.1. The molecule has 0 aliphatic carbocycles. The van der Waals surface area contributed by atoms with E-state index in [1.807, 2.05) is 0 Å². The summed E-state index contributed by atoms with van der Waals surface area (Å²) in [6, 6.07) is 12.3. The zero-order valence-corrected chi connectivity index (χ0v) is 16.6. The number of nitrogens with zero attached hydrogens (tertiary/aromatic N) is 1. The molecule has 1 saturated heterocycles. The first-order valence-electron chi connectivity index (χ1n) is 8.92. The van der Waals surface area contributed by atoms with Gasteiger partial charge in [0.25, 0.3) is 5.91 Å². The fourth-order valence-electron chi connectivity index (χ4n) is 2.99. The van der Waals surface area contributed by atoms with Crippen LogP contribution in [0.4, 0.5) is 11.4 Å². The van der Waals surface area contributed by atoms with Crippen LogP contribution in [-0.4, -0.2) is 45.6 Å². The first-order valence-corrected chi connectivity index (χ1v) is 10.8. The number of esters is 1. The van der Waals surface area contributed by atoms with Crippen LogP contribution in [0.2, 0.25) is 0 Å². The monoisotopic (exact) mass is 416 g/mol. The number of hydrogen-bond acceptors (Lipinski definition) is 6. The van der Waals surface area contributed by atoms with Gasteiger partial charge in [0.15, 0.2) is 16.4 Å². The van der Waals surface area contributed by atoms with Crippen molar-refractivity contribution in [1.82, 2.24) is 0 Å². The highest BCUT2D eigenvalue weighted by atomic mass is 32.2. The molecule has 152 valence electrons. The molecular weight excluding hydrogens is 396 g/mol. The van der Waals surface area contributed by atoms with E-state index in [-0.39, 0.29) is 22.1 Å². The molecule has 1 aliphatic heterocycles. The SMILES string of the molecule is CS(=O)(=O)c1ccccc1NC(=O)COC(=O)c1ccc(N2CCCC2=O)cc1. The quantitative estimate of drug-likeness (QED) is 0.722. The lowest BCUT2D eigenvalue weighted by atomic mass is 10.2. The van der Waals surface area contributed by atoms with Gasteiger partial charge >= 0.3 is 5.97 Å². The number of amides is 2. The summed E-state index contributed by atoms with van der Waals surface area (Å²) in [4.78, 5) is 37.6. The zero-order chi connectivity index (χ0) is 21.0. The number of nitrogens with one attached hydrogen (secondary N) is 1. The Labute approximate surface area is 168 Å². The molecule has 29 heavy (non-hydrogen) atoms. The number of ether oxygens (including phenoxy) is 1. The molecule has 9 heteroatoms. The minimum Gasteiger partial charge on any atom is -0.452 e. The summed E-state index contributed by atoms with van der Waals surface area (Å²) >= 11 is 0. The van der Waals surface area contributed by atoms with E-state index in [9.17, 15) is 22.8 Å². The predicted octanol–water partition coefficient (Wildman–Crippen LogP) is 2.01. The average molecular weight is 416 g/mol. The molecule has 3 rings (SSSR count). The molecule has 2 aromatic carbocycles. The molecule has 8 nitrogen and oxygen atoms in total. The molecule has 0 saturated carbocycles. The van der Waals surface area contributed by atoms with Crippen molar-refractivity contribution in [2.24, 2.45) is 0 Å². The Morgan fingerprint density at radius 2 is 1.79 bits per heavy atom. The molecule has 1 heterocycles. The number of rotatable bonds is 6. The van der Waals surface area contributed by atoms with Crippen LogP contribution in [0.5, 0.6) is 0 Å². The maximum absolute atomic E-state index is 12.1. The molecule has 2 amide bonds. The Kier molecular flexibility index (Phi) is 5.97. The van der Waals surface area contributed by atoms with Crippen molar-refractivity contribution >= 4 is 39.0 Å². The number of anilines is 2. The molecule has 2 aromatic rings. The van der Waals surface area contributed by atoms with Gasteiger partial charge < -0.3 is 15.0 Å². The lowest BCUT2D eigenvalue weighted by molar-refractivity contribution is -0.119. The highest BCUT2D eigenvalue weighted by Crippen LogP contribution is 2.22. The summed E-state index contributed by atoms with van der Waals surface area (Å²) in [5, 5.41) is 2.44. The van der Waals surface area contributed by atoms with Crippen LogP contribution in [0.1, 0.15) is 23.2 Å². The van der Waals surface area contributed by atoms with Crippen molar-refractivity contribution in [3.63, 3.8) is 0 Å². The normalized spacial score (nSPS) is 14.0. The van der Waals surface area contributed by atoms with Gasteiger partial charge in [0.1, 0.15) is 0 Å². The highest BCUT2D eigenvalue weighted by Gasteiger charge is 2.22. The Balaban J connectivity index is 1.58. The lowest BCUT2D eigenvalue weighted by Gasteiger charge is -2.15. The number of para-hydroxylation sites is 1. The summed E-state index contributed by atoms with van der Waals surface area (Å²) in [6.07, 6.45) is 2.36. The molecule has 0 spiro atoms. The van der Waals surface area contributed by atoms with Crippen LogP contribution in [0.25, 0.3) is 0 Å². The van der Waals surface area contributed by atoms with Gasteiger partial charge in [-0.3, -0.25) is 9.59 Å². The number of sulfone groups is 1. The fraction of sp³-hybridized carbons (Fsp3) is 0.250. The van der Waals surface area contributed by atoms with Crippen LogP contribution in [0.3, 0.4) is 0 Å². The number of hydrogen-bond donors (Lipinski definition) is 1.